The first-order valence-electron chi connectivity index (χ1n) is 12.8. The van der Waals surface area contributed by atoms with E-state index < -0.39 is 23.2 Å². The van der Waals surface area contributed by atoms with E-state index >= 15 is 0 Å². The number of methoxy groups -OCH3 is 1. The number of benzene rings is 1. The quantitative estimate of drug-likeness (QED) is 0.558. The monoisotopic (exact) mass is 458 g/mol. The zero-order valence-corrected chi connectivity index (χ0v) is 20.9. The van der Waals surface area contributed by atoms with Crippen molar-refractivity contribution in [3.05, 3.63) is 29.3 Å². The first kappa shape index (κ1) is 24.5. The maximum Gasteiger partial charge on any atom is 0.222 e. The summed E-state index contributed by atoms with van der Waals surface area (Å²) in [6.07, 6.45) is 4.05. The van der Waals surface area contributed by atoms with Gasteiger partial charge in [0.1, 0.15) is 5.75 Å². The molecular formula is C27H42N2O4. The molecule has 0 bridgehead atoms. The highest BCUT2D eigenvalue weighted by molar-refractivity contribution is 5.78. The van der Waals surface area contributed by atoms with Crippen LogP contribution in [0.1, 0.15) is 70.9 Å². The molecular weight excluding hydrogens is 416 g/mol. The summed E-state index contributed by atoms with van der Waals surface area (Å²) in [5.74, 6) is 1.25. The molecule has 184 valence electrons. The van der Waals surface area contributed by atoms with Crippen LogP contribution in [0.2, 0.25) is 0 Å². The fourth-order valence-electron chi connectivity index (χ4n) is 6.50. The number of nitrogens with one attached hydrogen (secondary N) is 1. The maximum absolute atomic E-state index is 12.7. The van der Waals surface area contributed by atoms with Gasteiger partial charge in [0.25, 0.3) is 0 Å². The molecule has 3 aliphatic carbocycles. The average Bonchev–Trinajstić information content (AvgIpc) is 3.62. The predicted molar refractivity (Wildman–Crippen MR) is 129 cm³/mol. The van der Waals surface area contributed by atoms with Crippen LogP contribution in [-0.4, -0.2) is 65.0 Å². The lowest BCUT2D eigenvalue weighted by molar-refractivity contribution is -0.167. The molecule has 1 aromatic rings. The molecule has 0 aromatic heterocycles. The standard InChI is InChI=1S/C27H42N2O4/c1-6-26-15-23(30)22(28-25(31)17(3)4)14-27(26,32)24(29(7-2)16-18-8-9-18)12-19-10-11-20(33-5)13-21(19)26/h10-11,13,17-18,22-24,30,32H,6-9,12,14-16H2,1-5H3,(H,28,31)/t22-,23?,24?,26?,27?/m0/s1. The largest absolute Gasteiger partial charge is 0.497 e. The SMILES string of the molecule is CCN(CC1CC1)C1Cc2ccc(OC)cc2C2(CC)CC(O)[C@@H](NC(=O)C(C)C)CC12O. The molecule has 0 radical (unpaired) electrons. The molecule has 5 atom stereocenters. The molecule has 0 heterocycles. The second kappa shape index (κ2) is 9.20. The Balaban J connectivity index is 1.81. The lowest BCUT2D eigenvalue weighted by Crippen LogP contribution is -2.73. The van der Waals surface area contributed by atoms with Crippen LogP contribution in [0.5, 0.6) is 5.75 Å². The van der Waals surface area contributed by atoms with E-state index in [-0.39, 0.29) is 17.9 Å². The van der Waals surface area contributed by atoms with Crippen LogP contribution < -0.4 is 10.1 Å². The number of carbonyl (C=O) groups excluding carboxylic acids is 1. The molecule has 6 nitrogen and oxygen atoms in total. The molecule has 0 aliphatic heterocycles. The zero-order valence-electron chi connectivity index (χ0n) is 20.9. The van der Waals surface area contributed by atoms with Gasteiger partial charge in [-0.05, 0) is 67.8 Å². The molecule has 2 saturated carbocycles. The first-order chi connectivity index (χ1) is 15.7. The van der Waals surface area contributed by atoms with Crippen LogP contribution >= 0.6 is 0 Å². The number of aliphatic hydroxyl groups excluding tert-OH is 1. The van der Waals surface area contributed by atoms with Crippen molar-refractivity contribution in [3.63, 3.8) is 0 Å². The number of rotatable bonds is 8. The van der Waals surface area contributed by atoms with Crippen molar-refractivity contribution in [1.29, 1.82) is 0 Å². The fraction of sp³-hybridized carbons (Fsp3) is 0.741. The van der Waals surface area contributed by atoms with Crippen molar-refractivity contribution in [2.45, 2.75) is 95.4 Å². The maximum atomic E-state index is 12.7. The number of nitrogens with zero attached hydrogens (tertiary/aromatic N) is 1. The molecule has 1 amide bonds. The Morgan fingerprint density at radius 3 is 2.58 bits per heavy atom. The van der Waals surface area contributed by atoms with Gasteiger partial charge in [-0.15, -0.1) is 0 Å². The number of likely N-dealkylation sites (N-methyl/N-ethyl adjacent to an activating group) is 1. The second-order valence-corrected chi connectivity index (χ2v) is 10.9. The highest BCUT2D eigenvalue weighted by Crippen LogP contribution is 2.56. The summed E-state index contributed by atoms with van der Waals surface area (Å²) >= 11 is 0. The van der Waals surface area contributed by atoms with Crippen LogP contribution in [0.4, 0.5) is 0 Å². The predicted octanol–water partition coefficient (Wildman–Crippen LogP) is 3.03. The first-order valence-corrected chi connectivity index (χ1v) is 12.8. The van der Waals surface area contributed by atoms with Crippen LogP contribution in [0, 0.1) is 11.8 Å². The van der Waals surface area contributed by atoms with Crippen LogP contribution in [0.3, 0.4) is 0 Å². The van der Waals surface area contributed by atoms with E-state index in [0.29, 0.717) is 25.2 Å². The van der Waals surface area contributed by atoms with Crippen molar-refractivity contribution in [3.8, 4) is 5.75 Å². The average molecular weight is 459 g/mol. The minimum Gasteiger partial charge on any atom is -0.497 e. The minimum atomic E-state index is -1.07. The van der Waals surface area contributed by atoms with E-state index in [1.54, 1.807) is 7.11 Å². The van der Waals surface area contributed by atoms with E-state index in [1.807, 2.05) is 19.9 Å². The number of hydrogen-bond acceptors (Lipinski definition) is 5. The Bertz CT molecular complexity index is 870. The van der Waals surface area contributed by atoms with Crippen molar-refractivity contribution < 1.29 is 19.7 Å². The molecule has 0 spiro atoms. The van der Waals surface area contributed by atoms with Gasteiger partial charge >= 0.3 is 0 Å². The topological polar surface area (TPSA) is 82.0 Å². The highest BCUT2D eigenvalue weighted by Gasteiger charge is 2.63. The molecule has 4 rings (SSSR count). The van der Waals surface area contributed by atoms with Gasteiger partial charge in [0.05, 0.1) is 24.9 Å². The van der Waals surface area contributed by atoms with Gasteiger partial charge in [-0.2, -0.15) is 0 Å². The van der Waals surface area contributed by atoms with Gasteiger partial charge in [0, 0.05) is 30.3 Å². The third-order valence-corrected chi connectivity index (χ3v) is 8.67. The van der Waals surface area contributed by atoms with Crippen molar-refractivity contribution >= 4 is 5.91 Å². The van der Waals surface area contributed by atoms with Crippen LogP contribution in [0.25, 0.3) is 0 Å². The smallest absolute Gasteiger partial charge is 0.222 e. The molecule has 1 aromatic carbocycles. The van der Waals surface area contributed by atoms with Crippen LogP contribution in [0.15, 0.2) is 18.2 Å². The second-order valence-electron chi connectivity index (χ2n) is 10.9. The summed E-state index contributed by atoms with van der Waals surface area (Å²) in [7, 11) is 1.67. The molecule has 3 N–H and O–H groups in total. The van der Waals surface area contributed by atoms with E-state index in [9.17, 15) is 15.0 Å². The van der Waals surface area contributed by atoms with Crippen molar-refractivity contribution in [1.82, 2.24) is 10.2 Å². The molecule has 0 saturated heterocycles. The third-order valence-electron chi connectivity index (χ3n) is 8.67. The summed E-state index contributed by atoms with van der Waals surface area (Å²) in [6.45, 7) is 9.89. The zero-order chi connectivity index (χ0) is 24.0. The van der Waals surface area contributed by atoms with Crippen molar-refractivity contribution in [2.75, 3.05) is 20.2 Å². The van der Waals surface area contributed by atoms with Crippen molar-refractivity contribution in [2.24, 2.45) is 11.8 Å². The van der Waals surface area contributed by atoms with E-state index in [2.05, 4.69) is 36.2 Å². The molecule has 3 aliphatic rings. The van der Waals surface area contributed by atoms with E-state index in [4.69, 9.17) is 4.74 Å². The molecule has 4 unspecified atom stereocenters. The Hall–Kier alpha value is -1.63. The summed E-state index contributed by atoms with van der Waals surface area (Å²) in [4.78, 5) is 15.0. The molecule has 2 fully saturated rings. The third kappa shape index (κ3) is 4.19. The van der Waals surface area contributed by atoms with Gasteiger partial charge < -0.3 is 20.3 Å². The summed E-state index contributed by atoms with van der Waals surface area (Å²) in [5, 5.41) is 27.1. The van der Waals surface area contributed by atoms with Gasteiger partial charge in [0.2, 0.25) is 5.91 Å². The van der Waals surface area contributed by atoms with Crippen LogP contribution in [-0.2, 0) is 16.6 Å². The van der Waals surface area contributed by atoms with E-state index in [0.717, 1.165) is 30.8 Å². The molecule has 33 heavy (non-hydrogen) atoms. The lowest BCUT2D eigenvalue weighted by Gasteiger charge is -2.62. The summed E-state index contributed by atoms with van der Waals surface area (Å²) < 4.78 is 5.55. The minimum absolute atomic E-state index is 0.0603. The Morgan fingerprint density at radius 2 is 2.00 bits per heavy atom. The van der Waals surface area contributed by atoms with E-state index in [1.165, 1.54) is 18.4 Å². The number of hydrogen-bond donors (Lipinski definition) is 3. The Morgan fingerprint density at radius 1 is 1.27 bits per heavy atom. The number of aliphatic hydroxyl groups is 2. The highest BCUT2D eigenvalue weighted by atomic mass is 16.5. The Labute approximate surface area is 198 Å². The fourth-order valence-corrected chi connectivity index (χ4v) is 6.50. The molecule has 6 heteroatoms. The van der Waals surface area contributed by atoms with Gasteiger partial charge in [-0.25, -0.2) is 0 Å². The van der Waals surface area contributed by atoms with Gasteiger partial charge in [-0.1, -0.05) is 33.8 Å². The Kier molecular flexibility index (Phi) is 6.83. The van der Waals surface area contributed by atoms with Gasteiger partial charge in [0.15, 0.2) is 0 Å². The normalized spacial score (nSPS) is 33.5. The number of fused-ring (bicyclic) bond motifs is 3. The lowest BCUT2D eigenvalue weighted by atomic mass is 9.50. The number of amides is 1. The number of ether oxygens (including phenoxy) is 1. The number of carbonyl (C=O) groups is 1. The summed E-state index contributed by atoms with van der Waals surface area (Å²) in [5.41, 5.74) is 0.659. The van der Waals surface area contributed by atoms with Gasteiger partial charge in [-0.3, -0.25) is 9.69 Å². The summed E-state index contributed by atoms with van der Waals surface area (Å²) in [6, 6.07) is 5.69.